The average molecular weight is 241 g/mol. The Labute approximate surface area is 111 Å². The standard InChI is InChI=1S/C17H23N/c1-2-3-5-8-16-9-11-17(12-10-16)15-18-13-6-4-7-14-18/h9-12H,2-4,6-7,13-15H2,1H3. The van der Waals surface area contributed by atoms with Crippen LogP contribution in [0.4, 0.5) is 0 Å². The summed E-state index contributed by atoms with van der Waals surface area (Å²) < 4.78 is 0. The van der Waals surface area contributed by atoms with Crippen molar-refractivity contribution in [1.82, 2.24) is 4.90 Å². The molecule has 0 N–H and O–H groups in total. The van der Waals surface area contributed by atoms with E-state index in [0.717, 1.165) is 24.9 Å². The van der Waals surface area contributed by atoms with Crippen LogP contribution >= 0.6 is 0 Å². The summed E-state index contributed by atoms with van der Waals surface area (Å²) in [6.45, 7) is 5.79. The van der Waals surface area contributed by atoms with Crippen LogP contribution in [-0.2, 0) is 6.54 Å². The third-order valence-corrected chi connectivity index (χ3v) is 3.42. The van der Waals surface area contributed by atoms with Gasteiger partial charge in [-0.2, -0.15) is 0 Å². The highest BCUT2D eigenvalue weighted by molar-refractivity contribution is 5.36. The SMILES string of the molecule is CCCC#Cc1ccc(CN2CCCCC2)cc1. The van der Waals surface area contributed by atoms with E-state index in [9.17, 15) is 0 Å². The molecule has 0 radical (unpaired) electrons. The molecule has 1 aromatic rings. The molecule has 96 valence electrons. The molecule has 1 fully saturated rings. The number of unbranched alkanes of at least 4 members (excludes halogenated alkanes) is 1. The quantitative estimate of drug-likeness (QED) is 0.727. The van der Waals surface area contributed by atoms with Crippen molar-refractivity contribution in [3.05, 3.63) is 35.4 Å². The van der Waals surface area contributed by atoms with Gasteiger partial charge in [-0.25, -0.2) is 0 Å². The molecule has 1 aromatic carbocycles. The van der Waals surface area contributed by atoms with Crippen molar-refractivity contribution in [2.45, 2.75) is 45.6 Å². The van der Waals surface area contributed by atoms with Crippen LogP contribution in [0.15, 0.2) is 24.3 Å². The lowest BCUT2D eigenvalue weighted by molar-refractivity contribution is 0.221. The molecule has 1 saturated heterocycles. The number of benzene rings is 1. The minimum absolute atomic E-state index is 0.996. The van der Waals surface area contributed by atoms with Crippen LogP contribution in [0.1, 0.15) is 50.2 Å². The lowest BCUT2D eigenvalue weighted by Crippen LogP contribution is -2.29. The van der Waals surface area contributed by atoms with Gasteiger partial charge in [0, 0.05) is 18.5 Å². The average Bonchev–Trinajstić information content (AvgIpc) is 2.42. The Balaban J connectivity index is 1.89. The van der Waals surface area contributed by atoms with Gasteiger partial charge in [0.2, 0.25) is 0 Å². The summed E-state index contributed by atoms with van der Waals surface area (Å²) in [4.78, 5) is 2.56. The Morgan fingerprint density at radius 3 is 2.44 bits per heavy atom. The van der Waals surface area contributed by atoms with Gasteiger partial charge in [0.15, 0.2) is 0 Å². The third-order valence-electron chi connectivity index (χ3n) is 3.42. The topological polar surface area (TPSA) is 3.24 Å². The maximum absolute atomic E-state index is 3.21. The van der Waals surface area contributed by atoms with Crippen LogP contribution in [0.2, 0.25) is 0 Å². The first-order chi connectivity index (χ1) is 8.88. The second-order valence-corrected chi connectivity index (χ2v) is 5.09. The normalized spacial score (nSPS) is 16.1. The number of hydrogen-bond acceptors (Lipinski definition) is 1. The van der Waals surface area contributed by atoms with Crippen molar-refractivity contribution >= 4 is 0 Å². The molecule has 0 saturated carbocycles. The van der Waals surface area contributed by atoms with Crippen LogP contribution in [0, 0.1) is 11.8 Å². The van der Waals surface area contributed by atoms with Crippen molar-refractivity contribution in [2.75, 3.05) is 13.1 Å². The molecule has 18 heavy (non-hydrogen) atoms. The maximum atomic E-state index is 3.21. The molecule has 1 heteroatoms. The molecule has 0 atom stereocenters. The van der Waals surface area contributed by atoms with Crippen LogP contribution in [0.25, 0.3) is 0 Å². The molecule has 1 heterocycles. The molecule has 1 aliphatic rings. The molecule has 0 spiro atoms. The van der Waals surface area contributed by atoms with Crippen molar-refractivity contribution in [3.63, 3.8) is 0 Å². The van der Waals surface area contributed by atoms with Crippen LogP contribution in [0.5, 0.6) is 0 Å². The number of piperidine rings is 1. The smallest absolute Gasteiger partial charge is 0.0245 e. The van der Waals surface area contributed by atoms with Gasteiger partial charge >= 0.3 is 0 Å². The molecule has 0 unspecified atom stereocenters. The van der Waals surface area contributed by atoms with Gasteiger partial charge < -0.3 is 0 Å². The molecule has 2 rings (SSSR count). The highest BCUT2D eigenvalue weighted by Gasteiger charge is 2.09. The summed E-state index contributed by atoms with van der Waals surface area (Å²) >= 11 is 0. The predicted molar refractivity (Wildman–Crippen MR) is 77.4 cm³/mol. The first kappa shape index (κ1) is 13.2. The summed E-state index contributed by atoms with van der Waals surface area (Å²) in [7, 11) is 0. The van der Waals surface area contributed by atoms with Gasteiger partial charge in [0.05, 0.1) is 0 Å². The molecule has 0 bridgehead atoms. The monoisotopic (exact) mass is 241 g/mol. The van der Waals surface area contributed by atoms with E-state index in [1.807, 2.05) is 0 Å². The fourth-order valence-corrected chi connectivity index (χ4v) is 2.36. The molecule has 1 nitrogen and oxygen atoms in total. The van der Waals surface area contributed by atoms with E-state index in [2.05, 4.69) is 47.9 Å². The summed E-state index contributed by atoms with van der Waals surface area (Å²) in [6.07, 6.45) is 6.26. The largest absolute Gasteiger partial charge is 0.299 e. The van der Waals surface area contributed by atoms with E-state index in [1.165, 1.54) is 37.9 Å². The summed E-state index contributed by atoms with van der Waals surface area (Å²) in [6, 6.07) is 8.76. The van der Waals surface area contributed by atoms with Gasteiger partial charge in [-0.1, -0.05) is 37.3 Å². The van der Waals surface area contributed by atoms with Gasteiger partial charge in [-0.05, 0) is 50.0 Å². The Bertz CT molecular complexity index is 401. The number of rotatable bonds is 3. The minimum atomic E-state index is 0.996. The van der Waals surface area contributed by atoms with E-state index >= 15 is 0 Å². The van der Waals surface area contributed by atoms with Gasteiger partial charge in [0.25, 0.3) is 0 Å². The first-order valence-electron chi connectivity index (χ1n) is 7.18. The molecular weight excluding hydrogens is 218 g/mol. The Kier molecular flexibility index (Phi) is 5.30. The molecular formula is C17H23N. The lowest BCUT2D eigenvalue weighted by atomic mass is 10.1. The zero-order valence-corrected chi connectivity index (χ0v) is 11.4. The summed E-state index contributed by atoms with van der Waals surface area (Å²) in [5.41, 5.74) is 2.56. The zero-order chi connectivity index (χ0) is 12.6. The Morgan fingerprint density at radius 2 is 1.78 bits per heavy atom. The van der Waals surface area contributed by atoms with Crippen LogP contribution in [-0.4, -0.2) is 18.0 Å². The first-order valence-corrected chi connectivity index (χ1v) is 7.18. The minimum Gasteiger partial charge on any atom is -0.299 e. The Morgan fingerprint density at radius 1 is 1.06 bits per heavy atom. The fourth-order valence-electron chi connectivity index (χ4n) is 2.36. The zero-order valence-electron chi connectivity index (χ0n) is 11.4. The van der Waals surface area contributed by atoms with E-state index in [1.54, 1.807) is 0 Å². The van der Waals surface area contributed by atoms with E-state index in [-0.39, 0.29) is 0 Å². The molecule has 1 aliphatic heterocycles. The molecule has 0 aliphatic carbocycles. The highest BCUT2D eigenvalue weighted by Crippen LogP contribution is 2.13. The Hall–Kier alpha value is -1.26. The fraction of sp³-hybridized carbons (Fsp3) is 0.529. The van der Waals surface area contributed by atoms with Gasteiger partial charge in [-0.3, -0.25) is 4.90 Å². The van der Waals surface area contributed by atoms with E-state index in [0.29, 0.717) is 0 Å². The predicted octanol–water partition coefficient (Wildman–Crippen LogP) is 3.82. The molecule has 0 aromatic heterocycles. The van der Waals surface area contributed by atoms with Gasteiger partial charge in [-0.15, -0.1) is 0 Å². The van der Waals surface area contributed by atoms with Crippen molar-refractivity contribution < 1.29 is 0 Å². The highest BCUT2D eigenvalue weighted by atomic mass is 15.1. The van der Waals surface area contributed by atoms with Crippen LogP contribution in [0.3, 0.4) is 0 Å². The van der Waals surface area contributed by atoms with Crippen molar-refractivity contribution in [3.8, 4) is 11.8 Å². The van der Waals surface area contributed by atoms with Crippen LogP contribution < -0.4 is 0 Å². The third kappa shape index (κ3) is 4.20. The second kappa shape index (κ2) is 7.24. The number of nitrogens with zero attached hydrogens (tertiary/aromatic N) is 1. The maximum Gasteiger partial charge on any atom is 0.0245 e. The van der Waals surface area contributed by atoms with Crippen molar-refractivity contribution in [2.24, 2.45) is 0 Å². The van der Waals surface area contributed by atoms with Crippen molar-refractivity contribution in [1.29, 1.82) is 0 Å². The molecule has 0 amide bonds. The van der Waals surface area contributed by atoms with Gasteiger partial charge in [0.1, 0.15) is 0 Å². The number of hydrogen-bond donors (Lipinski definition) is 0. The second-order valence-electron chi connectivity index (χ2n) is 5.09. The summed E-state index contributed by atoms with van der Waals surface area (Å²) in [5, 5.41) is 0. The lowest BCUT2D eigenvalue weighted by Gasteiger charge is -2.26. The van der Waals surface area contributed by atoms with E-state index < -0.39 is 0 Å². The van der Waals surface area contributed by atoms with E-state index in [4.69, 9.17) is 0 Å². The number of likely N-dealkylation sites (tertiary alicyclic amines) is 1. The summed E-state index contributed by atoms with van der Waals surface area (Å²) in [5.74, 6) is 6.40.